The van der Waals surface area contributed by atoms with Crippen molar-refractivity contribution in [3.05, 3.63) is 59.7 Å². The zero-order valence-electron chi connectivity index (χ0n) is 18.7. The molecular formula is C23H37Br2N3O3S. The summed E-state index contributed by atoms with van der Waals surface area (Å²) >= 11 is 0. The van der Waals surface area contributed by atoms with E-state index in [-0.39, 0.29) is 45.4 Å². The van der Waals surface area contributed by atoms with Crippen LogP contribution in [0.25, 0.3) is 0 Å². The molecule has 0 heterocycles. The van der Waals surface area contributed by atoms with Crippen LogP contribution in [0, 0.1) is 0 Å². The molecule has 0 saturated heterocycles. The van der Waals surface area contributed by atoms with Crippen LogP contribution < -0.4 is 15.4 Å². The second kappa shape index (κ2) is 17.4. The Morgan fingerprint density at radius 3 is 1.88 bits per heavy atom. The molecule has 0 atom stereocenters. The summed E-state index contributed by atoms with van der Waals surface area (Å²) in [5.74, 6) is -0.0633. The third-order valence-electron chi connectivity index (χ3n) is 4.84. The van der Waals surface area contributed by atoms with Gasteiger partial charge >= 0.3 is 0 Å². The molecule has 6 nitrogen and oxygen atoms in total. The van der Waals surface area contributed by atoms with E-state index in [4.69, 9.17) is 0 Å². The lowest BCUT2D eigenvalue weighted by Gasteiger charge is -2.10. The smallest absolute Gasteiger partial charge is 0.229 e. The zero-order chi connectivity index (χ0) is 21.7. The van der Waals surface area contributed by atoms with Crippen LogP contribution >= 0.6 is 34.0 Å². The summed E-state index contributed by atoms with van der Waals surface area (Å²) in [5.41, 5.74) is 2.59. The number of hydrogen-bond donors (Lipinski definition) is 4. The van der Waals surface area contributed by atoms with Crippen molar-refractivity contribution in [2.24, 2.45) is 0 Å². The first-order valence-electron chi connectivity index (χ1n) is 10.7. The number of hydrogen-bond acceptors (Lipinski definition) is 5. The van der Waals surface area contributed by atoms with Crippen LogP contribution in [-0.2, 0) is 22.9 Å². The van der Waals surface area contributed by atoms with Crippen LogP contribution in [0.2, 0.25) is 0 Å². The van der Waals surface area contributed by atoms with Crippen LogP contribution in [0.15, 0.2) is 48.5 Å². The van der Waals surface area contributed by atoms with Crippen molar-refractivity contribution in [1.29, 1.82) is 0 Å². The van der Waals surface area contributed by atoms with Crippen molar-refractivity contribution in [2.75, 3.05) is 37.2 Å². The van der Waals surface area contributed by atoms with Crippen LogP contribution in [0.4, 0.5) is 5.69 Å². The number of anilines is 1. The Kier molecular flexibility index (Phi) is 16.7. The molecule has 0 aliphatic carbocycles. The fourth-order valence-corrected chi connectivity index (χ4v) is 3.80. The van der Waals surface area contributed by atoms with Gasteiger partial charge in [-0.3, -0.25) is 4.72 Å². The van der Waals surface area contributed by atoms with Crippen molar-refractivity contribution in [2.45, 2.75) is 38.5 Å². The van der Waals surface area contributed by atoms with Gasteiger partial charge in [0.15, 0.2) is 0 Å². The summed E-state index contributed by atoms with van der Waals surface area (Å²) in [5, 5.41) is 16.7. The first-order valence-corrected chi connectivity index (χ1v) is 12.6. The summed E-state index contributed by atoms with van der Waals surface area (Å²) in [6.45, 7) is 3.91. The Morgan fingerprint density at radius 2 is 1.31 bits per heavy atom. The first-order chi connectivity index (χ1) is 14.4. The normalized spacial score (nSPS) is 10.8. The Bertz CT molecular complexity index is 853. The van der Waals surface area contributed by atoms with Gasteiger partial charge in [0.2, 0.25) is 10.0 Å². The Labute approximate surface area is 214 Å². The molecule has 0 aliphatic rings. The Balaban J connectivity index is 0.00000480. The van der Waals surface area contributed by atoms with Gasteiger partial charge in [0, 0.05) is 0 Å². The number of unbranched alkanes of at least 4 members (excludes halogenated alkanes) is 3. The lowest BCUT2D eigenvalue weighted by atomic mass is 10.1. The lowest BCUT2D eigenvalue weighted by Crippen LogP contribution is -2.19. The van der Waals surface area contributed by atoms with E-state index in [0.717, 1.165) is 57.3 Å². The second-order valence-electron chi connectivity index (χ2n) is 7.63. The zero-order valence-corrected chi connectivity index (χ0v) is 22.9. The molecule has 0 bridgehead atoms. The highest BCUT2D eigenvalue weighted by molar-refractivity contribution is 8.93. The minimum absolute atomic E-state index is 0. The minimum atomic E-state index is -3.41. The van der Waals surface area contributed by atoms with Crippen LogP contribution in [0.3, 0.4) is 0 Å². The third kappa shape index (κ3) is 14.1. The molecule has 182 valence electrons. The van der Waals surface area contributed by atoms with Gasteiger partial charge in [-0.2, -0.15) is 0 Å². The monoisotopic (exact) mass is 593 g/mol. The number of sulfonamides is 1. The molecule has 9 heteroatoms. The molecule has 32 heavy (non-hydrogen) atoms. The standard InChI is InChI=1S/C23H35N3O3S.2BrH/c1-30(28,29)26-22-19-21(11-12-23(22)27)14-18-25-16-8-3-2-7-15-24-17-13-20-9-5-4-6-10-20;;/h4-6,9-12,19,24-27H,2-3,7-8,13-18H2,1H3;2*1H. The Morgan fingerprint density at radius 1 is 0.750 bits per heavy atom. The summed E-state index contributed by atoms with van der Waals surface area (Å²) in [6, 6.07) is 15.6. The van der Waals surface area contributed by atoms with E-state index in [1.165, 1.54) is 30.9 Å². The van der Waals surface area contributed by atoms with Crippen LogP contribution in [0.5, 0.6) is 5.75 Å². The summed E-state index contributed by atoms with van der Waals surface area (Å²) in [4.78, 5) is 0. The average molecular weight is 595 g/mol. The van der Waals surface area contributed by atoms with E-state index in [1.807, 2.05) is 6.07 Å². The van der Waals surface area contributed by atoms with Crippen molar-refractivity contribution in [3.63, 3.8) is 0 Å². The molecule has 0 saturated carbocycles. The number of phenolic OH excluding ortho intramolecular Hbond substituents is 1. The summed E-state index contributed by atoms with van der Waals surface area (Å²) in [7, 11) is -3.41. The largest absolute Gasteiger partial charge is 0.506 e. The molecule has 2 rings (SSSR count). The molecule has 0 radical (unpaired) electrons. The van der Waals surface area contributed by atoms with Gasteiger partial charge in [0.25, 0.3) is 0 Å². The predicted molar refractivity (Wildman–Crippen MR) is 145 cm³/mol. The SMILES string of the molecule is Br.Br.CS(=O)(=O)Nc1cc(CCNCCCCCCNCCc2ccccc2)ccc1O. The van der Waals surface area contributed by atoms with E-state index in [2.05, 4.69) is 45.7 Å². The molecular weight excluding hydrogens is 558 g/mol. The minimum Gasteiger partial charge on any atom is -0.506 e. The quantitative estimate of drug-likeness (QED) is 0.181. The number of halogens is 2. The number of benzene rings is 2. The van der Waals surface area contributed by atoms with E-state index < -0.39 is 10.0 Å². The number of aromatic hydroxyl groups is 1. The summed E-state index contributed by atoms with van der Waals surface area (Å²) in [6.07, 6.45) is 7.75. The molecule has 0 aliphatic heterocycles. The van der Waals surface area contributed by atoms with Crippen LogP contribution in [0.1, 0.15) is 36.8 Å². The van der Waals surface area contributed by atoms with Gasteiger partial charge in [-0.25, -0.2) is 8.42 Å². The molecule has 0 unspecified atom stereocenters. The van der Waals surface area contributed by atoms with E-state index >= 15 is 0 Å². The maximum absolute atomic E-state index is 11.3. The molecule has 2 aromatic carbocycles. The van der Waals surface area contributed by atoms with Crippen molar-refractivity contribution >= 4 is 49.7 Å². The number of phenols is 1. The fourth-order valence-electron chi connectivity index (χ4n) is 3.23. The Hall–Kier alpha value is -1.13. The highest BCUT2D eigenvalue weighted by atomic mass is 79.9. The summed E-state index contributed by atoms with van der Waals surface area (Å²) < 4.78 is 25.0. The van der Waals surface area contributed by atoms with Crippen LogP contribution in [-0.4, -0.2) is 46.0 Å². The first kappa shape index (κ1) is 30.9. The van der Waals surface area contributed by atoms with Crippen molar-refractivity contribution in [1.82, 2.24) is 10.6 Å². The maximum Gasteiger partial charge on any atom is 0.229 e. The van der Waals surface area contributed by atoms with Crippen molar-refractivity contribution in [3.8, 4) is 5.75 Å². The van der Waals surface area contributed by atoms with Gasteiger partial charge in [-0.05, 0) is 75.1 Å². The van der Waals surface area contributed by atoms with Gasteiger partial charge < -0.3 is 15.7 Å². The van der Waals surface area contributed by atoms with E-state index in [1.54, 1.807) is 6.07 Å². The fraction of sp³-hybridized carbons (Fsp3) is 0.478. The van der Waals surface area contributed by atoms with Gasteiger partial charge in [0.05, 0.1) is 11.9 Å². The molecule has 0 fully saturated rings. The maximum atomic E-state index is 11.3. The molecule has 2 aromatic rings. The highest BCUT2D eigenvalue weighted by Crippen LogP contribution is 2.25. The molecule has 0 spiro atoms. The predicted octanol–water partition coefficient (Wildman–Crippen LogP) is 4.44. The second-order valence-corrected chi connectivity index (χ2v) is 9.37. The topological polar surface area (TPSA) is 90.5 Å². The van der Waals surface area contributed by atoms with E-state index in [0.29, 0.717) is 0 Å². The van der Waals surface area contributed by atoms with Gasteiger partial charge in [-0.15, -0.1) is 34.0 Å². The molecule has 0 amide bonds. The third-order valence-corrected chi connectivity index (χ3v) is 5.43. The highest BCUT2D eigenvalue weighted by Gasteiger charge is 2.07. The van der Waals surface area contributed by atoms with Gasteiger partial charge in [0.1, 0.15) is 5.75 Å². The molecule has 4 N–H and O–H groups in total. The molecule has 0 aromatic heterocycles. The van der Waals surface area contributed by atoms with Gasteiger partial charge in [-0.1, -0.05) is 49.2 Å². The van der Waals surface area contributed by atoms with Crippen molar-refractivity contribution < 1.29 is 13.5 Å². The lowest BCUT2D eigenvalue weighted by molar-refractivity contribution is 0.477. The number of nitrogens with one attached hydrogen (secondary N) is 3. The number of rotatable bonds is 15. The average Bonchev–Trinajstić information content (AvgIpc) is 2.71. The van der Waals surface area contributed by atoms with E-state index in [9.17, 15) is 13.5 Å².